The second-order valence-electron chi connectivity index (χ2n) is 14.2. The van der Waals surface area contributed by atoms with Crippen molar-refractivity contribution in [2.24, 2.45) is 0 Å². The third-order valence-electron chi connectivity index (χ3n) is 9.50. The minimum Gasteiger partial charge on any atom is -0.329 e. The number of unbranched alkanes of at least 4 members (excludes halogenated alkanes) is 34. The molecule has 0 saturated carbocycles. The van der Waals surface area contributed by atoms with Gasteiger partial charge in [-0.05, 0) is 12.8 Å². The zero-order valence-corrected chi connectivity index (χ0v) is 33.5. The lowest BCUT2D eigenvalue weighted by Crippen LogP contribution is -1.86. The average Bonchev–Trinajstić information content (AvgIpc) is 3.03. The van der Waals surface area contributed by atoms with Crippen molar-refractivity contribution < 1.29 is 9.46 Å². The molecule has 0 fully saturated rings. The summed E-state index contributed by atoms with van der Waals surface area (Å²) in [5, 5.41) is 0. The van der Waals surface area contributed by atoms with E-state index < -0.39 is 5.77 Å². The number of hydrogen-bond acceptors (Lipinski definition) is 3. The third-order valence-corrected chi connectivity index (χ3v) is 16.1. The summed E-state index contributed by atoms with van der Waals surface area (Å²) in [6.07, 6.45) is 49.8. The summed E-state index contributed by atoms with van der Waals surface area (Å²) >= 11 is 2.66. The van der Waals surface area contributed by atoms with Gasteiger partial charge in [0.2, 0.25) is 0 Å². The SMILES string of the molecule is CCCCCCCCCCCCCCCCCCCCSP(=O)(O)SCCCCCCCCCCCCCCCCCCCC. The molecule has 0 aromatic rings. The minimum absolute atomic E-state index is 0.846. The predicted molar refractivity (Wildman–Crippen MR) is 212 cm³/mol. The normalized spacial score (nSPS) is 12.0. The van der Waals surface area contributed by atoms with E-state index in [0.717, 1.165) is 24.3 Å². The van der Waals surface area contributed by atoms with Crippen LogP contribution in [0.2, 0.25) is 0 Å². The van der Waals surface area contributed by atoms with Gasteiger partial charge in [-0.3, -0.25) is 4.57 Å². The summed E-state index contributed by atoms with van der Waals surface area (Å²) in [4.78, 5) is 10.3. The summed E-state index contributed by atoms with van der Waals surface area (Å²) in [6, 6.07) is 0. The van der Waals surface area contributed by atoms with Crippen molar-refractivity contribution >= 4 is 28.5 Å². The Labute approximate surface area is 293 Å². The fraction of sp³-hybridized carbons (Fsp3) is 1.00. The van der Waals surface area contributed by atoms with E-state index >= 15 is 0 Å². The smallest absolute Gasteiger partial charge is 0.310 e. The standard InChI is InChI=1S/C40H83O2PS2/c1-3-5-7-9-11-13-15-17-19-21-23-25-27-29-31-33-35-37-39-44-43(41,42)45-40-38-36-34-32-30-28-26-24-22-20-18-16-14-12-10-8-6-4-2/h3-40H2,1-2H3,(H,41,42). The molecule has 0 aliphatic rings. The van der Waals surface area contributed by atoms with Gasteiger partial charge < -0.3 is 4.89 Å². The van der Waals surface area contributed by atoms with Crippen molar-refractivity contribution in [2.75, 3.05) is 11.5 Å². The van der Waals surface area contributed by atoms with E-state index in [9.17, 15) is 9.46 Å². The fourth-order valence-electron chi connectivity index (χ4n) is 6.40. The van der Waals surface area contributed by atoms with Crippen LogP contribution in [0.25, 0.3) is 0 Å². The molecule has 272 valence electrons. The summed E-state index contributed by atoms with van der Waals surface area (Å²) in [5.41, 5.74) is 0. The van der Waals surface area contributed by atoms with E-state index in [1.165, 1.54) is 241 Å². The number of rotatable bonds is 40. The molecule has 0 amide bonds. The molecule has 0 aromatic heterocycles. The van der Waals surface area contributed by atoms with Crippen molar-refractivity contribution in [1.82, 2.24) is 0 Å². The Bertz CT molecular complexity index is 543. The second kappa shape index (κ2) is 39.3. The Hall–Kier alpha value is 0.890. The Morgan fingerprint density at radius 2 is 0.467 bits per heavy atom. The molecule has 5 heteroatoms. The van der Waals surface area contributed by atoms with E-state index in [1.807, 2.05) is 0 Å². The molecule has 0 rings (SSSR count). The summed E-state index contributed by atoms with van der Waals surface area (Å²) in [6.45, 7) is 4.59. The van der Waals surface area contributed by atoms with Crippen LogP contribution in [0.4, 0.5) is 0 Å². The molecule has 0 bridgehead atoms. The van der Waals surface area contributed by atoms with Crippen molar-refractivity contribution in [1.29, 1.82) is 0 Å². The minimum atomic E-state index is -3.04. The first-order valence-corrected chi connectivity index (χ1v) is 25.6. The van der Waals surface area contributed by atoms with Gasteiger partial charge in [0.1, 0.15) is 0 Å². The van der Waals surface area contributed by atoms with Crippen LogP contribution in [0.1, 0.15) is 245 Å². The van der Waals surface area contributed by atoms with Gasteiger partial charge in [-0.15, -0.1) is 0 Å². The van der Waals surface area contributed by atoms with Crippen LogP contribution in [-0.2, 0) is 4.57 Å². The van der Waals surface area contributed by atoms with E-state index in [-0.39, 0.29) is 0 Å². The molecule has 0 aromatic carbocycles. The Kier molecular flexibility index (Phi) is 40.1. The molecule has 0 unspecified atom stereocenters. The van der Waals surface area contributed by atoms with Crippen molar-refractivity contribution in [3.05, 3.63) is 0 Å². The van der Waals surface area contributed by atoms with Gasteiger partial charge in [0.25, 0.3) is 0 Å². The lowest BCUT2D eigenvalue weighted by molar-refractivity contribution is 0.514. The first-order valence-electron chi connectivity index (χ1n) is 20.7. The van der Waals surface area contributed by atoms with Crippen molar-refractivity contribution in [3.8, 4) is 0 Å². The monoisotopic (exact) mass is 691 g/mol. The highest BCUT2D eigenvalue weighted by molar-refractivity contribution is 8.88. The zero-order chi connectivity index (χ0) is 32.8. The molecule has 0 aliphatic carbocycles. The Morgan fingerprint density at radius 3 is 0.644 bits per heavy atom. The van der Waals surface area contributed by atoms with Gasteiger partial charge >= 0.3 is 5.77 Å². The van der Waals surface area contributed by atoms with Gasteiger partial charge in [0.05, 0.1) is 0 Å². The largest absolute Gasteiger partial charge is 0.329 e. The lowest BCUT2D eigenvalue weighted by atomic mass is 10.0. The zero-order valence-electron chi connectivity index (χ0n) is 31.0. The van der Waals surface area contributed by atoms with Crippen LogP contribution >= 0.6 is 28.5 Å². The summed E-state index contributed by atoms with van der Waals surface area (Å²) in [7, 11) is 0. The molecular formula is C40H83O2PS2. The van der Waals surface area contributed by atoms with Crippen LogP contribution in [0, 0.1) is 0 Å². The molecule has 0 spiro atoms. The number of hydrogen-bond donors (Lipinski definition) is 1. The van der Waals surface area contributed by atoms with Crippen molar-refractivity contribution in [3.63, 3.8) is 0 Å². The molecule has 1 N–H and O–H groups in total. The molecule has 0 saturated heterocycles. The van der Waals surface area contributed by atoms with Crippen LogP contribution in [-0.4, -0.2) is 16.4 Å². The first-order chi connectivity index (χ1) is 22.1. The molecular weight excluding hydrogens is 608 g/mol. The van der Waals surface area contributed by atoms with E-state index in [4.69, 9.17) is 0 Å². The highest BCUT2D eigenvalue weighted by atomic mass is 33.1. The van der Waals surface area contributed by atoms with Crippen LogP contribution in [0.3, 0.4) is 0 Å². The maximum Gasteiger partial charge on any atom is 0.310 e. The topological polar surface area (TPSA) is 37.3 Å². The van der Waals surface area contributed by atoms with Gasteiger partial charge in [0, 0.05) is 11.5 Å². The third kappa shape index (κ3) is 41.0. The lowest BCUT2D eigenvalue weighted by Gasteiger charge is -2.10. The van der Waals surface area contributed by atoms with E-state index in [1.54, 1.807) is 0 Å². The Morgan fingerprint density at radius 1 is 0.311 bits per heavy atom. The molecule has 2 nitrogen and oxygen atoms in total. The first kappa shape index (κ1) is 45.9. The Balaban J connectivity index is 3.25. The van der Waals surface area contributed by atoms with Crippen LogP contribution in [0.15, 0.2) is 0 Å². The van der Waals surface area contributed by atoms with E-state index in [2.05, 4.69) is 13.8 Å². The summed E-state index contributed by atoms with van der Waals surface area (Å²) < 4.78 is 12.5. The summed E-state index contributed by atoms with van der Waals surface area (Å²) in [5.74, 6) is -1.35. The maximum atomic E-state index is 12.5. The van der Waals surface area contributed by atoms with E-state index in [0.29, 0.717) is 0 Å². The van der Waals surface area contributed by atoms with Gasteiger partial charge in [-0.1, -0.05) is 255 Å². The molecule has 0 heterocycles. The highest BCUT2D eigenvalue weighted by Crippen LogP contribution is 2.65. The molecule has 0 aliphatic heterocycles. The van der Waals surface area contributed by atoms with Crippen LogP contribution < -0.4 is 0 Å². The fourth-order valence-corrected chi connectivity index (χ4v) is 12.0. The highest BCUT2D eigenvalue weighted by Gasteiger charge is 2.18. The predicted octanol–water partition coefficient (Wildman–Crippen LogP) is 16.6. The average molecular weight is 691 g/mol. The molecule has 0 atom stereocenters. The van der Waals surface area contributed by atoms with Crippen molar-refractivity contribution in [2.45, 2.75) is 245 Å². The van der Waals surface area contributed by atoms with Crippen LogP contribution in [0.5, 0.6) is 0 Å². The van der Waals surface area contributed by atoms with Gasteiger partial charge in [-0.2, -0.15) is 0 Å². The quantitative estimate of drug-likeness (QED) is 0.0513. The maximum absolute atomic E-state index is 12.5. The molecule has 0 radical (unpaired) electrons. The van der Waals surface area contributed by atoms with Gasteiger partial charge in [0.15, 0.2) is 0 Å². The molecule has 45 heavy (non-hydrogen) atoms. The van der Waals surface area contributed by atoms with Gasteiger partial charge in [-0.25, -0.2) is 0 Å². The second-order valence-corrected chi connectivity index (χ2v) is 21.6.